The van der Waals surface area contributed by atoms with Crippen molar-refractivity contribution in [2.75, 3.05) is 0 Å². The van der Waals surface area contributed by atoms with Gasteiger partial charge in [0.2, 0.25) is 0 Å². The van der Waals surface area contributed by atoms with Crippen LogP contribution >= 0.6 is 0 Å². The summed E-state index contributed by atoms with van der Waals surface area (Å²) in [6.07, 6.45) is 10.8. The summed E-state index contributed by atoms with van der Waals surface area (Å²) in [5.41, 5.74) is 2.69. The van der Waals surface area contributed by atoms with Crippen LogP contribution in [0.25, 0.3) is 0 Å². The van der Waals surface area contributed by atoms with Gasteiger partial charge < -0.3 is 4.57 Å². The zero-order chi connectivity index (χ0) is 17.5. The molecular formula is C22H26N2Si. The summed E-state index contributed by atoms with van der Waals surface area (Å²) in [7, 11) is -0.659. The van der Waals surface area contributed by atoms with Gasteiger partial charge in [-0.3, -0.25) is 0 Å². The first-order chi connectivity index (χ1) is 12.3. The molecule has 0 fully saturated rings. The second-order valence-corrected chi connectivity index (χ2v) is 9.07. The second kappa shape index (κ2) is 8.12. The molecule has 25 heavy (non-hydrogen) atoms. The Kier molecular flexibility index (Phi) is 5.66. The van der Waals surface area contributed by atoms with E-state index in [0.717, 1.165) is 6.42 Å². The van der Waals surface area contributed by atoms with Gasteiger partial charge >= 0.3 is 0 Å². The fourth-order valence-corrected chi connectivity index (χ4v) is 5.94. The third-order valence-electron chi connectivity index (χ3n) is 4.76. The predicted octanol–water partition coefficient (Wildman–Crippen LogP) is 4.51. The van der Waals surface area contributed by atoms with Crippen molar-refractivity contribution in [2.24, 2.45) is 0 Å². The van der Waals surface area contributed by atoms with Crippen LogP contribution in [-0.4, -0.2) is 19.1 Å². The quantitative estimate of drug-likeness (QED) is 0.576. The Balaban J connectivity index is 2.21. The molecule has 0 radical (unpaired) electrons. The Morgan fingerprint density at radius 3 is 2.12 bits per heavy atom. The molecule has 0 spiro atoms. The van der Waals surface area contributed by atoms with E-state index in [4.69, 9.17) is 0 Å². The number of imidazole rings is 1. The van der Waals surface area contributed by atoms with Gasteiger partial charge in [-0.15, -0.1) is 0 Å². The van der Waals surface area contributed by atoms with Crippen molar-refractivity contribution in [3.05, 3.63) is 102 Å². The first-order valence-corrected chi connectivity index (χ1v) is 10.4. The van der Waals surface area contributed by atoms with Gasteiger partial charge in [-0.25, -0.2) is 4.98 Å². The molecular weight excluding hydrogens is 320 g/mol. The fourth-order valence-electron chi connectivity index (χ4n) is 3.54. The maximum atomic E-state index is 4.37. The zero-order valence-corrected chi connectivity index (χ0v) is 16.5. The molecule has 128 valence electrons. The van der Waals surface area contributed by atoms with Gasteiger partial charge in [0.05, 0.1) is 21.0 Å². The molecule has 3 aromatic rings. The first-order valence-electron chi connectivity index (χ1n) is 9.02. The lowest BCUT2D eigenvalue weighted by Crippen LogP contribution is -2.42. The van der Waals surface area contributed by atoms with Crippen LogP contribution in [0.15, 0.2) is 90.7 Å². The van der Waals surface area contributed by atoms with Crippen LogP contribution in [0, 0.1) is 0 Å². The number of benzene rings is 2. The highest BCUT2D eigenvalue weighted by atomic mass is 28.2. The van der Waals surface area contributed by atoms with E-state index in [1.165, 1.54) is 17.5 Å². The summed E-state index contributed by atoms with van der Waals surface area (Å²) in [6.45, 7) is 4.54. The summed E-state index contributed by atoms with van der Waals surface area (Å²) in [4.78, 5) is 4.37. The topological polar surface area (TPSA) is 17.8 Å². The molecule has 0 N–H and O–H groups in total. The van der Waals surface area contributed by atoms with Crippen LogP contribution in [0.1, 0.15) is 37.8 Å². The van der Waals surface area contributed by atoms with E-state index in [1.54, 1.807) is 5.20 Å². The van der Waals surface area contributed by atoms with Crippen molar-refractivity contribution in [1.29, 1.82) is 0 Å². The Labute approximate surface area is 153 Å². The number of hydrogen-bond donors (Lipinski definition) is 0. The maximum absolute atomic E-state index is 4.37. The number of hydrogen-bond acceptors (Lipinski definition) is 1. The van der Waals surface area contributed by atoms with Gasteiger partial charge in [-0.05, 0) is 24.5 Å². The van der Waals surface area contributed by atoms with E-state index in [1.807, 2.05) is 12.5 Å². The summed E-state index contributed by atoms with van der Waals surface area (Å²) in [5, 5.41) is 1.40. The van der Waals surface area contributed by atoms with E-state index in [9.17, 15) is 0 Å². The highest BCUT2D eigenvalue weighted by Gasteiger charge is 2.36. The number of allylic oxidation sites excluding steroid dienone is 2. The lowest BCUT2D eigenvalue weighted by molar-refractivity contribution is 0.594. The monoisotopic (exact) mass is 346 g/mol. The highest BCUT2D eigenvalue weighted by Crippen LogP contribution is 2.34. The maximum Gasteiger partial charge on any atom is 0.0954 e. The lowest BCUT2D eigenvalue weighted by atomic mass is 9.97. The average Bonchev–Trinajstić information content (AvgIpc) is 3.21. The molecule has 0 atom stereocenters. The summed E-state index contributed by atoms with van der Waals surface area (Å²) < 4.78 is 2.31. The molecule has 0 aliphatic carbocycles. The van der Waals surface area contributed by atoms with Gasteiger partial charge in [0, 0.05) is 12.4 Å². The highest BCUT2D eigenvalue weighted by molar-refractivity contribution is 6.50. The van der Waals surface area contributed by atoms with Crippen LogP contribution in [0.4, 0.5) is 0 Å². The summed E-state index contributed by atoms with van der Waals surface area (Å²) >= 11 is 0. The summed E-state index contributed by atoms with van der Waals surface area (Å²) in [5.74, 6) is 0. The van der Waals surface area contributed by atoms with Crippen molar-refractivity contribution in [3.63, 3.8) is 0 Å². The molecule has 0 bridgehead atoms. The van der Waals surface area contributed by atoms with Gasteiger partial charge in [0.15, 0.2) is 0 Å². The van der Waals surface area contributed by atoms with Gasteiger partial charge in [0.25, 0.3) is 0 Å². The minimum atomic E-state index is -0.659. The minimum Gasteiger partial charge on any atom is -0.326 e. The average molecular weight is 347 g/mol. The second-order valence-electron chi connectivity index (χ2n) is 6.58. The summed E-state index contributed by atoms with van der Waals surface area (Å²) in [6, 6.07) is 21.8. The standard InChI is InChI=1S/C22H26N2Si/c1-3-4-11-19(2)25-22(24-17-16-23-18-24,20-12-7-5-8-13-20)21-14-9-6-10-15-21/h5-18H,3-4,25H2,1-2H3. The van der Waals surface area contributed by atoms with E-state index in [0.29, 0.717) is 0 Å². The smallest absolute Gasteiger partial charge is 0.0954 e. The van der Waals surface area contributed by atoms with Gasteiger partial charge in [0.1, 0.15) is 0 Å². The molecule has 0 amide bonds. The van der Waals surface area contributed by atoms with Crippen LogP contribution in [-0.2, 0) is 5.16 Å². The molecule has 1 heterocycles. The van der Waals surface area contributed by atoms with Crippen molar-refractivity contribution < 1.29 is 0 Å². The molecule has 0 aliphatic rings. The Morgan fingerprint density at radius 1 is 1.04 bits per heavy atom. The van der Waals surface area contributed by atoms with E-state index >= 15 is 0 Å². The minimum absolute atomic E-state index is 0.145. The molecule has 0 aliphatic heterocycles. The van der Waals surface area contributed by atoms with Crippen molar-refractivity contribution in [3.8, 4) is 0 Å². The molecule has 1 aromatic heterocycles. The molecule has 0 saturated heterocycles. The molecule has 2 aromatic carbocycles. The predicted molar refractivity (Wildman–Crippen MR) is 108 cm³/mol. The lowest BCUT2D eigenvalue weighted by Gasteiger charge is -2.37. The SMILES string of the molecule is CCCC=C(C)[SiH2]C(c1ccccc1)(c1ccccc1)n1ccnc1. The van der Waals surface area contributed by atoms with E-state index < -0.39 is 9.52 Å². The van der Waals surface area contributed by atoms with Crippen LogP contribution in [0.2, 0.25) is 0 Å². The van der Waals surface area contributed by atoms with Gasteiger partial charge in [-0.1, -0.05) is 85.3 Å². The first kappa shape index (κ1) is 17.4. The van der Waals surface area contributed by atoms with Gasteiger partial charge in [-0.2, -0.15) is 0 Å². The van der Waals surface area contributed by atoms with Crippen LogP contribution < -0.4 is 0 Å². The molecule has 2 nitrogen and oxygen atoms in total. The number of nitrogens with zero attached hydrogens (tertiary/aromatic N) is 2. The molecule has 3 heteroatoms. The molecule has 0 saturated carbocycles. The Bertz CT molecular complexity index is 753. The van der Waals surface area contributed by atoms with Crippen molar-refractivity contribution in [1.82, 2.24) is 9.55 Å². The Hall–Kier alpha value is -2.39. The fraction of sp³-hybridized carbons (Fsp3) is 0.227. The number of unbranched alkanes of at least 4 members (excludes halogenated alkanes) is 1. The Morgan fingerprint density at radius 2 is 1.64 bits per heavy atom. The molecule has 3 rings (SSSR count). The third-order valence-corrected chi connectivity index (χ3v) is 7.30. The zero-order valence-electron chi connectivity index (χ0n) is 15.1. The number of aromatic nitrogens is 2. The van der Waals surface area contributed by atoms with E-state index in [-0.39, 0.29) is 5.16 Å². The normalized spacial score (nSPS) is 12.8. The van der Waals surface area contributed by atoms with E-state index in [2.05, 4.69) is 96.3 Å². The van der Waals surface area contributed by atoms with Crippen molar-refractivity contribution >= 4 is 9.52 Å². The largest absolute Gasteiger partial charge is 0.326 e. The number of rotatable bonds is 7. The van der Waals surface area contributed by atoms with Crippen molar-refractivity contribution in [2.45, 2.75) is 31.9 Å². The molecule has 0 unspecified atom stereocenters. The van der Waals surface area contributed by atoms with Crippen LogP contribution in [0.5, 0.6) is 0 Å². The van der Waals surface area contributed by atoms with Crippen LogP contribution in [0.3, 0.4) is 0 Å². The third kappa shape index (κ3) is 3.66.